The van der Waals surface area contributed by atoms with Crippen LogP contribution in [0.4, 0.5) is 0 Å². The van der Waals surface area contributed by atoms with Crippen LogP contribution < -0.4 is 4.74 Å². The zero-order valence-corrected chi connectivity index (χ0v) is 13.7. The van der Waals surface area contributed by atoms with Gasteiger partial charge in [0, 0.05) is 24.9 Å². The molecule has 128 valence electrons. The Kier molecular flexibility index (Phi) is 4.71. The lowest BCUT2D eigenvalue weighted by atomic mass is 10.2. The van der Waals surface area contributed by atoms with Crippen molar-refractivity contribution < 1.29 is 19.4 Å². The molecule has 0 saturated heterocycles. The highest BCUT2D eigenvalue weighted by molar-refractivity contribution is 5.85. The van der Waals surface area contributed by atoms with Crippen LogP contribution in [0.25, 0.3) is 17.2 Å². The lowest BCUT2D eigenvalue weighted by molar-refractivity contribution is 0.0691. The number of aromatic carboxylic acids is 1. The maximum atomic E-state index is 11.0. The van der Waals surface area contributed by atoms with Crippen molar-refractivity contribution >= 4 is 5.97 Å². The molecular weight excluding hydrogens is 324 g/mol. The Labute approximate surface area is 143 Å². The second kappa shape index (κ2) is 7.10. The first-order valence-electron chi connectivity index (χ1n) is 7.39. The van der Waals surface area contributed by atoms with Crippen molar-refractivity contribution in [2.75, 3.05) is 14.2 Å². The Bertz CT molecular complexity index is 890. The smallest absolute Gasteiger partial charge is 0.356 e. The summed E-state index contributed by atoms with van der Waals surface area (Å²) in [6, 6.07) is 9.07. The summed E-state index contributed by atoms with van der Waals surface area (Å²) >= 11 is 0. The van der Waals surface area contributed by atoms with Gasteiger partial charge in [-0.2, -0.15) is 0 Å². The summed E-state index contributed by atoms with van der Waals surface area (Å²) in [5, 5.41) is 9.03. The summed E-state index contributed by atoms with van der Waals surface area (Å²) in [5.41, 5.74) is 1.42. The molecule has 0 radical (unpaired) electrons. The molecule has 2 aromatic heterocycles. The number of hydrogen-bond donors (Lipinski definition) is 1. The first-order valence-corrected chi connectivity index (χ1v) is 7.39. The minimum Gasteiger partial charge on any atom is -0.497 e. The van der Waals surface area contributed by atoms with Crippen LogP contribution in [0.15, 0.2) is 42.9 Å². The van der Waals surface area contributed by atoms with Crippen LogP contribution in [0.5, 0.6) is 5.75 Å². The van der Waals surface area contributed by atoms with Gasteiger partial charge in [-0.25, -0.2) is 19.7 Å². The Hall–Kier alpha value is -3.26. The third kappa shape index (κ3) is 3.64. The Morgan fingerprint density at radius 3 is 2.56 bits per heavy atom. The van der Waals surface area contributed by atoms with Gasteiger partial charge in [-0.3, -0.25) is 4.57 Å². The van der Waals surface area contributed by atoms with Gasteiger partial charge < -0.3 is 14.6 Å². The minimum atomic E-state index is -1.10. The van der Waals surface area contributed by atoms with Gasteiger partial charge in [-0.05, 0) is 24.3 Å². The molecule has 0 atom stereocenters. The third-order valence-electron chi connectivity index (χ3n) is 3.47. The molecule has 0 saturated carbocycles. The van der Waals surface area contributed by atoms with E-state index in [0.29, 0.717) is 23.9 Å². The molecule has 0 aliphatic rings. The molecule has 1 aromatic carbocycles. The van der Waals surface area contributed by atoms with Gasteiger partial charge in [0.25, 0.3) is 0 Å². The summed E-state index contributed by atoms with van der Waals surface area (Å²) in [6.45, 7) is 0.305. The number of carboxylic acid groups (broad SMARTS) is 1. The van der Waals surface area contributed by atoms with Crippen molar-refractivity contribution in [1.29, 1.82) is 0 Å². The summed E-state index contributed by atoms with van der Waals surface area (Å²) in [4.78, 5) is 23.9. The average Bonchev–Trinajstić information content (AvgIpc) is 3.12. The van der Waals surface area contributed by atoms with Crippen LogP contribution in [0.1, 0.15) is 16.2 Å². The number of imidazole rings is 1. The van der Waals surface area contributed by atoms with E-state index in [0.717, 1.165) is 11.3 Å². The first kappa shape index (κ1) is 16.6. The van der Waals surface area contributed by atoms with E-state index in [1.165, 1.54) is 17.1 Å². The lowest BCUT2D eigenvalue weighted by Gasteiger charge is -2.09. The van der Waals surface area contributed by atoms with Crippen molar-refractivity contribution in [2.24, 2.45) is 0 Å². The zero-order valence-electron chi connectivity index (χ0n) is 13.7. The topological polar surface area (TPSA) is 99.4 Å². The van der Waals surface area contributed by atoms with Gasteiger partial charge in [-0.15, -0.1) is 0 Å². The Morgan fingerprint density at radius 2 is 1.96 bits per heavy atom. The number of ether oxygens (including phenoxy) is 2. The second-order valence-electron chi connectivity index (χ2n) is 5.17. The minimum absolute atomic E-state index is 0.0575. The highest BCUT2D eigenvalue weighted by Gasteiger charge is 2.12. The number of carbonyl (C=O) groups is 1. The van der Waals surface area contributed by atoms with Crippen molar-refractivity contribution in [1.82, 2.24) is 19.5 Å². The molecule has 0 amide bonds. The lowest BCUT2D eigenvalue weighted by Crippen LogP contribution is -2.03. The van der Waals surface area contributed by atoms with Crippen molar-refractivity contribution in [3.8, 4) is 23.0 Å². The summed E-state index contributed by atoms with van der Waals surface area (Å²) in [6.07, 6.45) is 2.80. The maximum absolute atomic E-state index is 11.0. The molecular formula is C17H16N4O4. The first-order chi connectivity index (χ1) is 12.1. The number of methoxy groups -OCH3 is 2. The SMILES string of the molecule is COCc1cc(-n2cnc(C(=O)O)c2)nc(-c2ccc(OC)cc2)n1. The van der Waals surface area contributed by atoms with Gasteiger partial charge in [-0.1, -0.05) is 0 Å². The van der Waals surface area contributed by atoms with E-state index >= 15 is 0 Å². The molecule has 0 unspecified atom stereocenters. The highest BCUT2D eigenvalue weighted by Crippen LogP contribution is 2.21. The van der Waals surface area contributed by atoms with Gasteiger partial charge >= 0.3 is 5.97 Å². The highest BCUT2D eigenvalue weighted by atomic mass is 16.5. The largest absolute Gasteiger partial charge is 0.497 e. The second-order valence-corrected chi connectivity index (χ2v) is 5.17. The average molecular weight is 340 g/mol. The van der Waals surface area contributed by atoms with E-state index in [2.05, 4.69) is 15.0 Å². The maximum Gasteiger partial charge on any atom is 0.356 e. The number of carboxylic acids is 1. The van der Waals surface area contributed by atoms with E-state index in [1.807, 2.05) is 24.3 Å². The monoisotopic (exact) mass is 340 g/mol. The number of aromatic nitrogens is 4. The summed E-state index contributed by atoms with van der Waals surface area (Å²) in [5.74, 6) is 0.642. The predicted octanol–water partition coefficient (Wildman–Crippen LogP) is 2.18. The fourth-order valence-electron chi connectivity index (χ4n) is 2.26. The number of rotatable bonds is 6. The quantitative estimate of drug-likeness (QED) is 0.734. The fourth-order valence-corrected chi connectivity index (χ4v) is 2.26. The number of hydrogen-bond acceptors (Lipinski definition) is 6. The molecule has 3 rings (SSSR count). The molecule has 0 aliphatic heterocycles. The van der Waals surface area contributed by atoms with Crippen LogP contribution in [0, 0.1) is 0 Å². The van der Waals surface area contributed by atoms with Crippen LogP contribution >= 0.6 is 0 Å². The zero-order chi connectivity index (χ0) is 17.8. The van der Waals surface area contributed by atoms with Gasteiger partial charge in [0.05, 0.1) is 19.4 Å². The summed E-state index contributed by atoms with van der Waals surface area (Å²) < 4.78 is 11.9. The third-order valence-corrected chi connectivity index (χ3v) is 3.47. The molecule has 25 heavy (non-hydrogen) atoms. The van der Waals surface area contributed by atoms with Crippen molar-refractivity contribution in [2.45, 2.75) is 6.61 Å². The van der Waals surface area contributed by atoms with E-state index in [1.54, 1.807) is 20.3 Å². The molecule has 1 N–H and O–H groups in total. The van der Waals surface area contributed by atoms with E-state index in [-0.39, 0.29) is 5.69 Å². The Balaban J connectivity index is 2.05. The van der Waals surface area contributed by atoms with Gasteiger partial charge in [0.2, 0.25) is 0 Å². The molecule has 0 bridgehead atoms. The van der Waals surface area contributed by atoms with Crippen molar-refractivity contribution in [3.63, 3.8) is 0 Å². The fraction of sp³-hybridized carbons (Fsp3) is 0.176. The van der Waals surface area contributed by atoms with Crippen molar-refractivity contribution in [3.05, 3.63) is 54.2 Å². The van der Waals surface area contributed by atoms with Crippen LogP contribution in [-0.2, 0) is 11.3 Å². The van der Waals surface area contributed by atoms with Gasteiger partial charge in [0.15, 0.2) is 11.5 Å². The molecule has 3 aromatic rings. The van der Waals surface area contributed by atoms with Crippen LogP contribution in [-0.4, -0.2) is 44.8 Å². The molecule has 0 spiro atoms. The molecule has 0 aliphatic carbocycles. The van der Waals surface area contributed by atoms with Crippen LogP contribution in [0.3, 0.4) is 0 Å². The molecule has 2 heterocycles. The van der Waals surface area contributed by atoms with Crippen LogP contribution in [0.2, 0.25) is 0 Å². The standard InChI is InChI=1S/C17H16N4O4/c1-24-9-12-7-15(21-8-14(17(22)23)18-10-21)20-16(19-12)11-3-5-13(25-2)6-4-11/h3-8,10H,9H2,1-2H3,(H,22,23). The molecule has 8 heteroatoms. The molecule has 8 nitrogen and oxygen atoms in total. The number of benzene rings is 1. The van der Waals surface area contributed by atoms with E-state index < -0.39 is 5.97 Å². The normalized spacial score (nSPS) is 10.6. The number of nitrogens with zero attached hydrogens (tertiary/aromatic N) is 4. The molecule has 0 fully saturated rings. The predicted molar refractivity (Wildman–Crippen MR) is 88.8 cm³/mol. The van der Waals surface area contributed by atoms with Gasteiger partial charge in [0.1, 0.15) is 17.9 Å². The Morgan fingerprint density at radius 1 is 1.20 bits per heavy atom. The van der Waals surface area contributed by atoms with E-state index in [4.69, 9.17) is 14.6 Å². The van der Waals surface area contributed by atoms with E-state index in [9.17, 15) is 4.79 Å². The summed E-state index contributed by atoms with van der Waals surface area (Å²) in [7, 11) is 3.18.